The van der Waals surface area contributed by atoms with Gasteiger partial charge in [0.15, 0.2) is 12.6 Å². The monoisotopic (exact) mass is 1090 g/mol. The van der Waals surface area contributed by atoms with Gasteiger partial charge in [-0.25, -0.2) is 0 Å². The third-order valence-corrected chi connectivity index (χ3v) is 14.0. The average Bonchev–Trinajstić information content (AvgIpc) is 3.43. The minimum atomic E-state index is -1.79. The summed E-state index contributed by atoms with van der Waals surface area (Å²) in [6.45, 7) is 2.50. The topological polar surface area (TPSA) is 228 Å². The minimum Gasteiger partial charge on any atom is -0.394 e. The summed E-state index contributed by atoms with van der Waals surface area (Å²) in [6, 6.07) is -0.913. The van der Waals surface area contributed by atoms with Crippen LogP contribution in [0, 0.1) is 0 Å². The smallest absolute Gasteiger partial charge is 0.220 e. The molecule has 0 spiro atoms. The number of carbonyl (C=O) groups excluding carboxylic acids is 1. The molecule has 2 aliphatic heterocycles. The largest absolute Gasteiger partial charge is 0.394 e. The highest BCUT2D eigenvalue weighted by atomic mass is 16.7. The van der Waals surface area contributed by atoms with Crippen molar-refractivity contribution in [1.82, 2.24) is 5.32 Å². The van der Waals surface area contributed by atoms with E-state index < -0.39 is 86.8 Å². The van der Waals surface area contributed by atoms with Gasteiger partial charge in [-0.15, -0.1) is 0 Å². The number of aliphatic hydroxyl groups is 8. The number of nitrogens with one attached hydrogen (secondary N) is 1. The first-order valence-electron chi connectivity index (χ1n) is 30.0. The maximum absolute atomic E-state index is 13.1. The van der Waals surface area contributed by atoms with E-state index in [2.05, 4.69) is 104 Å². The van der Waals surface area contributed by atoms with E-state index in [9.17, 15) is 45.6 Å². The number of amides is 1. The Morgan fingerprint density at radius 3 is 1.36 bits per heavy atom. The third kappa shape index (κ3) is 33.3. The summed E-state index contributed by atoms with van der Waals surface area (Å²) in [4.78, 5) is 13.1. The molecular weight excluding hydrogens is 979 g/mol. The van der Waals surface area contributed by atoms with Gasteiger partial charge in [0.25, 0.3) is 0 Å². The molecule has 12 atom stereocenters. The van der Waals surface area contributed by atoms with Crippen LogP contribution in [0.25, 0.3) is 0 Å². The Labute approximate surface area is 464 Å². The Kier molecular flexibility index (Phi) is 43.4. The zero-order chi connectivity index (χ0) is 56.0. The van der Waals surface area contributed by atoms with Crippen molar-refractivity contribution in [2.75, 3.05) is 19.8 Å². The second-order valence-corrected chi connectivity index (χ2v) is 20.7. The lowest BCUT2D eigenvalue weighted by atomic mass is 9.97. The molecule has 0 aromatic rings. The van der Waals surface area contributed by atoms with Crippen LogP contribution in [0.4, 0.5) is 0 Å². The molecule has 1 amide bonds. The fraction of sp³-hybridized carbons (Fsp3) is 0.730. The molecule has 0 aliphatic carbocycles. The summed E-state index contributed by atoms with van der Waals surface area (Å²) in [7, 11) is 0. The standard InChI is InChI=1S/C63H107NO13/c1-3-5-7-9-10-11-12-13-14-15-16-17-18-19-20-21-22-23-24-25-26-27-28-29-30-31-32-33-34-35-36-37-38-39-40-41-42-43-45-47-55(68)64-51(52(67)46-44-8-6-4-2)50-74-62-60(73)58(71)61(54(49-66)76-62)77-63-59(72)57(70)56(69)53(48-65)75-63/h5,7,10-11,13-14,16-17,19-20,22-23,25-26,44,46,51-54,56-63,65-67,69-73H,3-4,6,8-9,12,15,18,21,24,27-43,45,47-50H2,1-2H3,(H,64,68)/b7-5-,11-10-,14-13-,17-16-,20-19-,23-22-,26-25-,46-44+. The minimum absolute atomic E-state index is 0.252. The van der Waals surface area contributed by atoms with Gasteiger partial charge < -0.3 is 65.1 Å². The van der Waals surface area contributed by atoms with Crippen LogP contribution < -0.4 is 5.32 Å². The molecule has 2 rings (SSSR count). The number of carbonyl (C=O) groups is 1. The highest BCUT2D eigenvalue weighted by Crippen LogP contribution is 2.30. The van der Waals surface area contributed by atoms with E-state index in [4.69, 9.17) is 18.9 Å². The summed E-state index contributed by atoms with van der Waals surface area (Å²) < 4.78 is 22.5. The van der Waals surface area contributed by atoms with Gasteiger partial charge in [-0.1, -0.05) is 220 Å². The Balaban J connectivity index is 1.49. The number of unbranched alkanes of at least 4 members (excludes halogenated alkanes) is 19. The molecule has 0 aromatic carbocycles. The molecule has 14 heteroatoms. The zero-order valence-electron chi connectivity index (χ0n) is 47.4. The summed E-state index contributed by atoms with van der Waals surface area (Å²) >= 11 is 0. The highest BCUT2D eigenvalue weighted by Gasteiger charge is 2.51. The lowest BCUT2D eigenvalue weighted by molar-refractivity contribution is -0.359. The fourth-order valence-electron chi connectivity index (χ4n) is 9.20. The van der Waals surface area contributed by atoms with Gasteiger partial charge >= 0.3 is 0 Å². The van der Waals surface area contributed by atoms with Gasteiger partial charge in [0.05, 0.1) is 32.0 Å². The van der Waals surface area contributed by atoms with Crippen molar-refractivity contribution in [2.24, 2.45) is 0 Å². The Morgan fingerprint density at radius 2 is 0.896 bits per heavy atom. The van der Waals surface area contributed by atoms with E-state index in [1.165, 1.54) is 89.9 Å². The van der Waals surface area contributed by atoms with Crippen LogP contribution in [-0.4, -0.2) is 140 Å². The zero-order valence-corrected chi connectivity index (χ0v) is 47.4. The lowest BCUT2D eigenvalue weighted by Gasteiger charge is -2.46. The Hall–Kier alpha value is -3.09. The van der Waals surface area contributed by atoms with Crippen molar-refractivity contribution in [3.05, 3.63) is 97.2 Å². The summed E-state index contributed by atoms with van der Waals surface area (Å²) in [6.07, 6.45) is 50.0. The van der Waals surface area contributed by atoms with Gasteiger partial charge in [-0.05, 0) is 70.6 Å². The molecule has 2 heterocycles. The molecule has 14 nitrogen and oxygen atoms in total. The second-order valence-electron chi connectivity index (χ2n) is 20.7. The summed E-state index contributed by atoms with van der Waals surface area (Å²) in [5, 5.41) is 86.2. The molecule has 12 unspecified atom stereocenters. The molecule has 2 fully saturated rings. The van der Waals surface area contributed by atoms with Crippen molar-refractivity contribution in [1.29, 1.82) is 0 Å². The summed E-state index contributed by atoms with van der Waals surface area (Å²) in [5.41, 5.74) is 0. The first-order valence-corrected chi connectivity index (χ1v) is 30.0. The molecule has 0 bridgehead atoms. The van der Waals surface area contributed by atoms with E-state index in [0.29, 0.717) is 6.42 Å². The quantitative estimate of drug-likeness (QED) is 0.0205. The molecule has 0 saturated carbocycles. The maximum atomic E-state index is 13.1. The second kappa shape index (κ2) is 47.7. The SMILES string of the molecule is CC/C=C\C/C=C\C/C=C\C/C=C\C/C=C\C/C=C\C/C=C\CCCCCCCCCCCCCCCCCCCC(=O)NC(COC1OC(CO)C(OC2OC(CO)C(O)C(O)C2O)C(O)C1O)C(O)/C=C/CCCC. The first kappa shape index (κ1) is 70.0. The predicted octanol–water partition coefficient (Wildman–Crippen LogP) is 10.3. The van der Waals surface area contributed by atoms with Crippen LogP contribution in [0.2, 0.25) is 0 Å². The number of allylic oxidation sites excluding steroid dienone is 15. The number of hydrogen-bond acceptors (Lipinski definition) is 13. The van der Waals surface area contributed by atoms with Crippen LogP contribution in [0.5, 0.6) is 0 Å². The molecule has 0 radical (unpaired) electrons. The van der Waals surface area contributed by atoms with Crippen molar-refractivity contribution >= 4 is 5.91 Å². The normalized spacial score (nSPS) is 25.4. The van der Waals surface area contributed by atoms with Crippen LogP contribution in [-0.2, 0) is 23.7 Å². The number of ether oxygens (including phenoxy) is 4. The van der Waals surface area contributed by atoms with Crippen molar-refractivity contribution in [3.63, 3.8) is 0 Å². The number of aliphatic hydroxyl groups excluding tert-OH is 8. The Bertz CT molecular complexity index is 1660. The van der Waals surface area contributed by atoms with Gasteiger partial charge in [-0.3, -0.25) is 4.79 Å². The Morgan fingerprint density at radius 1 is 0.481 bits per heavy atom. The molecule has 2 aliphatic rings. The van der Waals surface area contributed by atoms with Gasteiger partial charge in [-0.2, -0.15) is 0 Å². The van der Waals surface area contributed by atoms with E-state index in [1.807, 2.05) is 6.08 Å². The van der Waals surface area contributed by atoms with Gasteiger partial charge in [0.2, 0.25) is 5.91 Å². The van der Waals surface area contributed by atoms with Crippen LogP contribution >= 0.6 is 0 Å². The lowest BCUT2D eigenvalue weighted by Crippen LogP contribution is -2.65. The van der Waals surface area contributed by atoms with E-state index in [1.54, 1.807) is 6.08 Å². The maximum Gasteiger partial charge on any atom is 0.220 e. The highest BCUT2D eigenvalue weighted by molar-refractivity contribution is 5.76. The number of rotatable bonds is 46. The molecular formula is C63H107NO13. The van der Waals surface area contributed by atoms with Crippen LogP contribution in [0.1, 0.15) is 200 Å². The van der Waals surface area contributed by atoms with Crippen LogP contribution in [0.15, 0.2) is 97.2 Å². The molecule has 0 aromatic heterocycles. The fourth-order valence-corrected chi connectivity index (χ4v) is 9.20. The van der Waals surface area contributed by atoms with Gasteiger partial charge in [0, 0.05) is 6.42 Å². The average molecular weight is 1090 g/mol. The van der Waals surface area contributed by atoms with Gasteiger partial charge in [0.1, 0.15) is 48.8 Å². The van der Waals surface area contributed by atoms with Crippen LogP contribution in [0.3, 0.4) is 0 Å². The first-order chi connectivity index (χ1) is 37.6. The third-order valence-electron chi connectivity index (χ3n) is 14.0. The summed E-state index contributed by atoms with van der Waals surface area (Å²) in [5.74, 6) is -0.252. The van der Waals surface area contributed by atoms with Crippen molar-refractivity contribution in [3.8, 4) is 0 Å². The number of hydrogen-bond donors (Lipinski definition) is 9. The van der Waals surface area contributed by atoms with E-state index in [0.717, 1.165) is 83.5 Å². The molecule has 2 saturated heterocycles. The van der Waals surface area contributed by atoms with E-state index in [-0.39, 0.29) is 18.9 Å². The van der Waals surface area contributed by atoms with E-state index >= 15 is 0 Å². The molecule has 77 heavy (non-hydrogen) atoms. The van der Waals surface area contributed by atoms with Crippen molar-refractivity contribution < 1.29 is 64.6 Å². The molecule has 9 N–H and O–H groups in total. The molecule has 442 valence electrons. The van der Waals surface area contributed by atoms with Crippen molar-refractivity contribution in [2.45, 2.75) is 274 Å². The predicted molar refractivity (Wildman–Crippen MR) is 309 cm³/mol.